The lowest BCUT2D eigenvalue weighted by Gasteiger charge is -2.21. The van der Waals surface area contributed by atoms with Crippen molar-refractivity contribution in [2.45, 2.75) is 32.6 Å². The lowest BCUT2D eigenvalue weighted by Crippen LogP contribution is -2.32. The average molecular weight is 286 g/mol. The van der Waals surface area contributed by atoms with Gasteiger partial charge in [0, 0.05) is 18.5 Å². The van der Waals surface area contributed by atoms with Gasteiger partial charge in [-0.05, 0) is 44.0 Å². The molecule has 1 aromatic carbocycles. The molecule has 0 saturated carbocycles. The Bertz CT molecular complexity index is 676. The van der Waals surface area contributed by atoms with Crippen LogP contribution < -0.4 is 0 Å². The normalized spacial score (nSPS) is 16.0. The van der Waals surface area contributed by atoms with Gasteiger partial charge in [-0.15, -0.1) is 0 Å². The van der Waals surface area contributed by atoms with E-state index in [1.807, 2.05) is 11.8 Å². The van der Waals surface area contributed by atoms with Gasteiger partial charge in [0.25, 0.3) is 5.91 Å². The highest BCUT2D eigenvalue weighted by molar-refractivity contribution is 5.98. The summed E-state index contributed by atoms with van der Waals surface area (Å²) in [5, 5.41) is 0.679. The van der Waals surface area contributed by atoms with E-state index in [4.69, 9.17) is 0 Å². The van der Waals surface area contributed by atoms with E-state index in [2.05, 4.69) is 4.98 Å². The largest absolute Gasteiger partial charge is 0.339 e. The first-order chi connectivity index (χ1) is 10.1. The zero-order valence-corrected chi connectivity index (χ0v) is 12.2. The summed E-state index contributed by atoms with van der Waals surface area (Å²) >= 11 is 0. The molecule has 3 nitrogen and oxygen atoms in total. The fourth-order valence-corrected chi connectivity index (χ4v) is 2.90. The second-order valence-electron chi connectivity index (χ2n) is 5.66. The smallest absolute Gasteiger partial charge is 0.255 e. The monoisotopic (exact) mass is 286 g/mol. The second kappa shape index (κ2) is 5.80. The van der Waals surface area contributed by atoms with E-state index >= 15 is 0 Å². The van der Waals surface area contributed by atoms with E-state index in [-0.39, 0.29) is 11.7 Å². The van der Waals surface area contributed by atoms with Gasteiger partial charge in [0.05, 0.1) is 16.8 Å². The Morgan fingerprint density at radius 2 is 1.86 bits per heavy atom. The fraction of sp³-hybridized carbons (Fsp3) is 0.412. The average Bonchev–Trinajstić information content (AvgIpc) is 2.75. The van der Waals surface area contributed by atoms with Crippen molar-refractivity contribution in [2.24, 2.45) is 0 Å². The third-order valence-electron chi connectivity index (χ3n) is 4.09. The maximum Gasteiger partial charge on any atom is 0.255 e. The highest BCUT2D eigenvalue weighted by Gasteiger charge is 2.20. The summed E-state index contributed by atoms with van der Waals surface area (Å²) in [6.45, 7) is 3.45. The quantitative estimate of drug-likeness (QED) is 0.801. The number of amides is 1. The highest BCUT2D eigenvalue weighted by Crippen LogP contribution is 2.20. The van der Waals surface area contributed by atoms with Crippen molar-refractivity contribution in [3.63, 3.8) is 0 Å². The van der Waals surface area contributed by atoms with Crippen molar-refractivity contribution in [2.75, 3.05) is 13.1 Å². The third kappa shape index (κ3) is 2.89. The summed E-state index contributed by atoms with van der Waals surface area (Å²) < 4.78 is 13.4. The number of halogens is 1. The highest BCUT2D eigenvalue weighted by atomic mass is 19.1. The van der Waals surface area contributed by atoms with E-state index < -0.39 is 0 Å². The number of rotatable bonds is 1. The summed E-state index contributed by atoms with van der Waals surface area (Å²) in [4.78, 5) is 19.0. The first kappa shape index (κ1) is 14.0. The van der Waals surface area contributed by atoms with Crippen molar-refractivity contribution in [3.8, 4) is 0 Å². The number of fused-ring (bicyclic) bond motifs is 1. The second-order valence-corrected chi connectivity index (χ2v) is 5.66. The number of nitrogens with zero attached hydrogens (tertiary/aromatic N) is 2. The third-order valence-corrected chi connectivity index (χ3v) is 4.09. The lowest BCUT2D eigenvalue weighted by atomic mass is 10.1. The van der Waals surface area contributed by atoms with E-state index in [1.54, 1.807) is 12.1 Å². The predicted octanol–water partition coefficient (Wildman–Crippen LogP) is 3.70. The van der Waals surface area contributed by atoms with Crippen LogP contribution >= 0.6 is 0 Å². The molecule has 0 atom stereocenters. The van der Waals surface area contributed by atoms with Crippen LogP contribution in [0, 0.1) is 12.7 Å². The van der Waals surface area contributed by atoms with E-state index in [0.717, 1.165) is 31.4 Å². The Morgan fingerprint density at radius 3 is 2.57 bits per heavy atom. The van der Waals surface area contributed by atoms with Gasteiger partial charge in [-0.3, -0.25) is 9.78 Å². The van der Waals surface area contributed by atoms with Crippen LogP contribution in [-0.2, 0) is 0 Å². The van der Waals surface area contributed by atoms with Crippen LogP contribution in [0.25, 0.3) is 10.9 Å². The Hall–Kier alpha value is -1.97. The first-order valence-corrected chi connectivity index (χ1v) is 7.51. The van der Waals surface area contributed by atoms with Crippen LogP contribution in [-0.4, -0.2) is 28.9 Å². The number of pyridine rings is 1. The molecule has 0 spiro atoms. The molecular weight excluding hydrogens is 267 g/mol. The topological polar surface area (TPSA) is 33.2 Å². The van der Waals surface area contributed by atoms with Gasteiger partial charge in [0.15, 0.2) is 0 Å². The van der Waals surface area contributed by atoms with Gasteiger partial charge in [-0.25, -0.2) is 4.39 Å². The predicted molar refractivity (Wildman–Crippen MR) is 80.8 cm³/mol. The van der Waals surface area contributed by atoms with Crippen molar-refractivity contribution in [1.29, 1.82) is 0 Å². The zero-order valence-electron chi connectivity index (χ0n) is 12.2. The van der Waals surface area contributed by atoms with Crippen LogP contribution in [0.5, 0.6) is 0 Å². The van der Waals surface area contributed by atoms with Crippen molar-refractivity contribution in [3.05, 3.63) is 41.3 Å². The molecule has 1 aliphatic heterocycles. The number of carbonyl (C=O) groups excluding carboxylic acids is 1. The van der Waals surface area contributed by atoms with Crippen molar-refractivity contribution < 1.29 is 9.18 Å². The summed E-state index contributed by atoms with van der Waals surface area (Å²) in [6, 6.07) is 6.25. The molecule has 1 aliphatic rings. The molecule has 0 bridgehead atoms. The fourth-order valence-electron chi connectivity index (χ4n) is 2.90. The number of hydrogen-bond donors (Lipinski definition) is 0. The summed E-state index contributed by atoms with van der Waals surface area (Å²) in [5.41, 5.74) is 2.03. The SMILES string of the molecule is Cc1nc2ccc(F)cc2cc1C(=O)N1CCCCCC1. The molecule has 0 N–H and O–H groups in total. The van der Waals surface area contributed by atoms with Crippen LogP contribution in [0.15, 0.2) is 24.3 Å². The molecule has 4 heteroatoms. The first-order valence-electron chi connectivity index (χ1n) is 7.51. The van der Waals surface area contributed by atoms with E-state index in [0.29, 0.717) is 16.6 Å². The Morgan fingerprint density at radius 1 is 1.14 bits per heavy atom. The molecule has 2 aromatic rings. The molecule has 1 amide bonds. The van der Waals surface area contributed by atoms with Gasteiger partial charge in [0.2, 0.25) is 0 Å². The van der Waals surface area contributed by atoms with E-state index in [9.17, 15) is 9.18 Å². The Labute approximate surface area is 123 Å². The molecule has 1 aromatic heterocycles. The van der Waals surface area contributed by atoms with Crippen LogP contribution in [0.3, 0.4) is 0 Å². The Kier molecular flexibility index (Phi) is 3.86. The summed E-state index contributed by atoms with van der Waals surface area (Å²) in [6.07, 6.45) is 4.48. The molecule has 0 unspecified atom stereocenters. The summed E-state index contributed by atoms with van der Waals surface area (Å²) in [7, 11) is 0. The molecule has 1 fully saturated rings. The minimum atomic E-state index is -0.304. The Balaban J connectivity index is 1.98. The number of likely N-dealkylation sites (tertiary alicyclic amines) is 1. The molecule has 2 heterocycles. The van der Waals surface area contributed by atoms with Crippen molar-refractivity contribution >= 4 is 16.8 Å². The molecule has 21 heavy (non-hydrogen) atoms. The van der Waals surface area contributed by atoms with Crippen LogP contribution in [0.2, 0.25) is 0 Å². The molecule has 1 saturated heterocycles. The number of benzene rings is 1. The minimum absolute atomic E-state index is 0.0214. The standard InChI is InChI=1S/C17H19FN2O/c1-12-15(17(21)20-8-4-2-3-5-9-20)11-13-10-14(18)6-7-16(13)19-12/h6-7,10-11H,2-5,8-9H2,1H3. The molecule has 110 valence electrons. The number of hydrogen-bond acceptors (Lipinski definition) is 2. The molecule has 0 aliphatic carbocycles. The number of aromatic nitrogens is 1. The lowest BCUT2D eigenvalue weighted by molar-refractivity contribution is 0.0760. The van der Waals surface area contributed by atoms with Crippen LogP contribution in [0.4, 0.5) is 4.39 Å². The maximum atomic E-state index is 13.4. The van der Waals surface area contributed by atoms with Gasteiger partial charge in [-0.2, -0.15) is 0 Å². The maximum absolute atomic E-state index is 13.4. The van der Waals surface area contributed by atoms with Crippen LogP contribution in [0.1, 0.15) is 41.7 Å². The zero-order chi connectivity index (χ0) is 14.8. The number of carbonyl (C=O) groups is 1. The number of aryl methyl sites for hydroxylation is 1. The minimum Gasteiger partial charge on any atom is -0.339 e. The van der Waals surface area contributed by atoms with Gasteiger partial charge >= 0.3 is 0 Å². The van der Waals surface area contributed by atoms with Crippen molar-refractivity contribution in [1.82, 2.24) is 9.88 Å². The molecular formula is C17H19FN2O. The molecule has 3 rings (SSSR count). The van der Waals surface area contributed by atoms with Gasteiger partial charge in [-0.1, -0.05) is 12.8 Å². The van der Waals surface area contributed by atoms with E-state index in [1.165, 1.54) is 25.0 Å². The van der Waals surface area contributed by atoms with Gasteiger partial charge in [0.1, 0.15) is 5.82 Å². The van der Waals surface area contributed by atoms with Gasteiger partial charge < -0.3 is 4.90 Å². The summed E-state index contributed by atoms with van der Waals surface area (Å²) in [5.74, 6) is -0.283. The molecule has 0 radical (unpaired) electrons.